The summed E-state index contributed by atoms with van der Waals surface area (Å²) < 4.78 is 13.2. The lowest BCUT2D eigenvalue weighted by Crippen LogP contribution is -2.07. The number of nitrogens with zero attached hydrogens (tertiary/aromatic N) is 1. The van der Waals surface area contributed by atoms with E-state index in [1.54, 1.807) is 0 Å². The fraction of sp³-hybridized carbons (Fsp3) is 0.250. The van der Waals surface area contributed by atoms with Crippen molar-refractivity contribution >= 4 is 17.6 Å². The molecule has 1 heterocycles. The van der Waals surface area contributed by atoms with Crippen molar-refractivity contribution in [3.63, 3.8) is 0 Å². The van der Waals surface area contributed by atoms with E-state index in [0.29, 0.717) is 5.69 Å². The zero-order valence-electron chi connectivity index (χ0n) is 7.06. The molecule has 0 fully saturated rings. The highest BCUT2D eigenvalue weighted by Crippen LogP contribution is 2.23. The Balaban J connectivity index is 3.56. The van der Waals surface area contributed by atoms with Crippen LogP contribution in [0.3, 0.4) is 0 Å². The first kappa shape index (κ1) is 9.92. The molecule has 0 amide bonds. The van der Waals surface area contributed by atoms with Gasteiger partial charge in [-0.25, -0.2) is 9.18 Å². The minimum Gasteiger partial charge on any atom is -0.478 e. The summed E-state index contributed by atoms with van der Waals surface area (Å²) >= 11 is 5.58. The van der Waals surface area contributed by atoms with Crippen molar-refractivity contribution < 1.29 is 14.3 Å². The number of hydrogen-bond donors (Lipinski definition) is 1. The number of carboxylic acids is 1. The Morgan fingerprint density at radius 1 is 1.46 bits per heavy atom. The first-order valence-corrected chi connectivity index (χ1v) is 3.88. The molecule has 1 rings (SSSR count). The Morgan fingerprint density at radius 2 is 2.00 bits per heavy atom. The fourth-order valence-electron chi connectivity index (χ4n) is 0.996. The zero-order chi connectivity index (χ0) is 10.2. The lowest BCUT2D eigenvalue weighted by atomic mass is 10.2. The molecule has 1 aromatic heterocycles. The minimum atomic E-state index is -1.38. The maximum atomic E-state index is 13.2. The Labute approximate surface area is 79.2 Å². The normalized spacial score (nSPS) is 10.2. The van der Waals surface area contributed by atoms with Crippen LogP contribution < -0.4 is 0 Å². The van der Waals surface area contributed by atoms with Crippen molar-refractivity contribution in [3.8, 4) is 0 Å². The Kier molecular flexibility index (Phi) is 2.52. The molecule has 0 saturated carbocycles. The van der Waals surface area contributed by atoms with E-state index in [0.717, 1.165) is 0 Å². The molecule has 3 nitrogen and oxygen atoms in total. The fourth-order valence-corrected chi connectivity index (χ4v) is 1.20. The predicted octanol–water partition coefficient (Wildman–Crippen LogP) is 2.19. The number of aromatic carboxylic acids is 1. The van der Waals surface area contributed by atoms with E-state index in [-0.39, 0.29) is 10.7 Å². The van der Waals surface area contributed by atoms with E-state index in [4.69, 9.17) is 16.7 Å². The minimum absolute atomic E-state index is 0.0410. The summed E-state index contributed by atoms with van der Waals surface area (Å²) in [5.74, 6) is -2.25. The van der Waals surface area contributed by atoms with Crippen molar-refractivity contribution in [2.75, 3.05) is 0 Å². The van der Waals surface area contributed by atoms with Gasteiger partial charge >= 0.3 is 5.97 Å². The highest BCUT2D eigenvalue weighted by atomic mass is 35.5. The predicted molar refractivity (Wildman–Crippen MR) is 45.6 cm³/mol. The van der Waals surface area contributed by atoms with Gasteiger partial charge in [0.1, 0.15) is 5.56 Å². The molecule has 1 aromatic rings. The maximum absolute atomic E-state index is 13.2. The van der Waals surface area contributed by atoms with E-state index in [1.165, 1.54) is 13.8 Å². The summed E-state index contributed by atoms with van der Waals surface area (Å²) in [7, 11) is 0. The van der Waals surface area contributed by atoms with Crippen LogP contribution in [0.1, 0.15) is 21.7 Å². The monoisotopic (exact) mass is 203 g/mol. The van der Waals surface area contributed by atoms with Gasteiger partial charge in [-0.1, -0.05) is 11.6 Å². The molecule has 0 aliphatic rings. The molecule has 70 valence electrons. The summed E-state index contributed by atoms with van der Waals surface area (Å²) in [5, 5.41) is 8.50. The summed E-state index contributed by atoms with van der Waals surface area (Å²) in [6, 6.07) is 0. The molecule has 0 aliphatic carbocycles. The van der Waals surface area contributed by atoms with Crippen molar-refractivity contribution in [1.29, 1.82) is 0 Å². The van der Waals surface area contributed by atoms with Crippen LogP contribution >= 0.6 is 11.6 Å². The van der Waals surface area contributed by atoms with Gasteiger partial charge in [-0.3, -0.25) is 4.98 Å². The summed E-state index contributed by atoms with van der Waals surface area (Å²) in [6.07, 6.45) is 0. The number of carboxylic acid groups (broad SMARTS) is 1. The second kappa shape index (κ2) is 3.30. The first-order chi connectivity index (χ1) is 5.95. The standard InChI is InChI=1S/C8H7ClFNO2/c1-3-6(9)5(8(12)13)7(10)4(2)11-3/h1-2H3,(H,12,13). The van der Waals surface area contributed by atoms with Crippen LogP contribution in [-0.2, 0) is 0 Å². The van der Waals surface area contributed by atoms with E-state index in [2.05, 4.69) is 4.98 Å². The molecule has 0 aromatic carbocycles. The largest absolute Gasteiger partial charge is 0.478 e. The highest BCUT2D eigenvalue weighted by Gasteiger charge is 2.19. The van der Waals surface area contributed by atoms with Crippen molar-refractivity contribution in [1.82, 2.24) is 4.98 Å². The number of hydrogen-bond acceptors (Lipinski definition) is 2. The van der Waals surface area contributed by atoms with Crippen LogP contribution in [0, 0.1) is 19.7 Å². The average molecular weight is 204 g/mol. The van der Waals surface area contributed by atoms with Gasteiger partial charge in [-0.05, 0) is 13.8 Å². The number of aromatic nitrogens is 1. The maximum Gasteiger partial charge on any atom is 0.340 e. The van der Waals surface area contributed by atoms with Crippen LogP contribution in [0.15, 0.2) is 0 Å². The molecule has 0 bridgehead atoms. The topological polar surface area (TPSA) is 50.2 Å². The number of carbonyl (C=O) groups is 1. The number of halogens is 2. The molecule has 1 N–H and O–H groups in total. The Morgan fingerprint density at radius 3 is 2.46 bits per heavy atom. The lowest BCUT2D eigenvalue weighted by molar-refractivity contribution is 0.0691. The van der Waals surface area contributed by atoms with Gasteiger partial charge in [0, 0.05) is 0 Å². The molecule has 0 saturated heterocycles. The van der Waals surface area contributed by atoms with Crippen LogP contribution in [0.25, 0.3) is 0 Å². The SMILES string of the molecule is Cc1nc(C)c(Cl)c(C(=O)O)c1F. The van der Waals surface area contributed by atoms with Crippen LogP contribution in [0.4, 0.5) is 4.39 Å². The van der Waals surface area contributed by atoms with Crippen molar-refractivity contribution in [3.05, 3.63) is 27.8 Å². The van der Waals surface area contributed by atoms with E-state index in [1.807, 2.05) is 0 Å². The quantitative estimate of drug-likeness (QED) is 0.761. The van der Waals surface area contributed by atoms with E-state index >= 15 is 0 Å². The number of aryl methyl sites for hydroxylation is 2. The number of rotatable bonds is 1. The van der Waals surface area contributed by atoms with E-state index in [9.17, 15) is 9.18 Å². The van der Waals surface area contributed by atoms with Crippen molar-refractivity contribution in [2.45, 2.75) is 13.8 Å². The molecule has 0 spiro atoms. The zero-order valence-corrected chi connectivity index (χ0v) is 7.81. The second-order valence-corrected chi connectivity index (χ2v) is 2.97. The molecule has 0 aliphatic heterocycles. The summed E-state index contributed by atoms with van der Waals surface area (Å²) in [6.45, 7) is 2.92. The van der Waals surface area contributed by atoms with Gasteiger partial charge in [-0.15, -0.1) is 0 Å². The van der Waals surface area contributed by atoms with E-state index < -0.39 is 17.3 Å². The molecule has 0 atom stereocenters. The van der Waals surface area contributed by atoms with Gasteiger partial charge in [0.05, 0.1) is 16.4 Å². The molecule has 0 unspecified atom stereocenters. The van der Waals surface area contributed by atoms with Crippen molar-refractivity contribution in [2.24, 2.45) is 0 Å². The molecular weight excluding hydrogens is 197 g/mol. The third-order valence-corrected chi connectivity index (χ3v) is 2.09. The third-order valence-electron chi connectivity index (χ3n) is 1.62. The Hall–Kier alpha value is -1.16. The van der Waals surface area contributed by atoms with Crippen LogP contribution in [0.5, 0.6) is 0 Å². The molecule has 0 radical (unpaired) electrons. The van der Waals surface area contributed by atoms with Gasteiger partial charge < -0.3 is 5.11 Å². The molecular formula is C8H7ClFNO2. The van der Waals surface area contributed by atoms with Crippen LogP contribution in [-0.4, -0.2) is 16.1 Å². The molecule has 5 heteroatoms. The lowest BCUT2D eigenvalue weighted by Gasteiger charge is -2.05. The second-order valence-electron chi connectivity index (χ2n) is 2.59. The third kappa shape index (κ3) is 1.62. The van der Waals surface area contributed by atoms with Gasteiger partial charge in [0.15, 0.2) is 5.82 Å². The Bertz CT molecular complexity index is 353. The van der Waals surface area contributed by atoms with Gasteiger partial charge in [0.2, 0.25) is 0 Å². The molecule has 13 heavy (non-hydrogen) atoms. The summed E-state index contributed by atoms with van der Waals surface area (Å²) in [5.41, 5.74) is -0.149. The summed E-state index contributed by atoms with van der Waals surface area (Å²) in [4.78, 5) is 14.3. The van der Waals surface area contributed by atoms with Gasteiger partial charge in [-0.2, -0.15) is 0 Å². The average Bonchev–Trinajstić information content (AvgIpc) is 2.01. The smallest absolute Gasteiger partial charge is 0.340 e. The number of pyridine rings is 1. The highest BCUT2D eigenvalue weighted by molar-refractivity contribution is 6.34. The van der Waals surface area contributed by atoms with Gasteiger partial charge in [0.25, 0.3) is 0 Å². The van der Waals surface area contributed by atoms with Crippen LogP contribution in [0.2, 0.25) is 5.02 Å². The first-order valence-electron chi connectivity index (χ1n) is 3.50.